The van der Waals surface area contributed by atoms with Crippen molar-refractivity contribution in [2.24, 2.45) is 11.8 Å². The number of rotatable bonds is 8. The molecule has 100 valence electrons. The Balaban J connectivity index is 1.95. The molecule has 0 N–H and O–H groups in total. The molecule has 1 aliphatic rings. The fourth-order valence-electron chi connectivity index (χ4n) is 3.15. The van der Waals surface area contributed by atoms with Gasteiger partial charge in [-0.1, -0.05) is 64.0 Å². The van der Waals surface area contributed by atoms with Gasteiger partial charge in [0.05, 0.1) is 0 Å². The molecule has 1 aliphatic carbocycles. The number of hydrogen-bond acceptors (Lipinski definition) is 0. The van der Waals surface area contributed by atoms with Crippen molar-refractivity contribution in [3.8, 4) is 0 Å². The smallest absolute Gasteiger partial charge is 0.0233 e. The largest absolute Gasteiger partial charge is 0.0914 e. The van der Waals surface area contributed by atoms with Gasteiger partial charge in [0.1, 0.15) is 0 Å². The quantitative estimate of drug-likeness (QED) is 0.352. The lowest BCUT2D eigenvalue weighted by molar-refractivity contribution is 0.288. The minimum atomic E-state index is 0.904. The van der Waals surface area contributed by atoms with Crippen LogP contribution in [-0.4, -0.2) is 0 Å². The molecule has 0 saturated heterocycles. The van der Waals surface area contributed by atoms with Gasteiger partial charge in [0.25, 0.3) is 0 Å². The van der Waals surface area contributed by atoms with Crippen molar-refractivity contribution in [2.45, 2.75) is 84.5 Å². The maximum absolute atomic E-state index is 2.42. The Morgan fingerprint density at radius 2 is 1.53 bits per heavy atom. The summed E-state index contributed by atoms with van der Waals surface area (Å²) in [6.07, 6.45) is 20.8. The molecule has 0 bridgehead atoms. The van der Waals surface area contributed by atoms with Crippen molar-refractivity contribution in [1.29, 1.82) is 0 Å². The van der Waals surface area contributed by atoms with Crippen molar-refractivity contribution in [2.75, 3.05) is 0 Å². The molecule has 0 amide bonds. The van der Waals surface area contributed by atoms with Crippen LogP contribution in [0.25, 0.3) is 0 Å². The molecule has 17 heavy (non-hydrogen) atoms. The first-order valence-electron chi connectivity index (χ1n) is 7.99. The average Bonchev–Trinajstić information content (AvgIpc) is 2.36. The van der Waals surface area contributed by atoms with Crippen molar-refractivity contribution >= 4 is 0 Å². The fraction of sp³-hybridized carbons (Fsp3) is 0.882. The highest BCUT2D eigenvalue weighted by molar-refractivity contribution is 4.88. The third-order valence-electron chi connectivity index (χ3n) is 4.32. The predicted octanol–water partition coefficient (Wildman–Crippen LogP) is 6.12. The zero-order chi connectivity index (χ0) is 12.3. The molecular formula is C17H32. The second kappa shape index (κ2) is 9.74. The highest BCUT2D eigenvalue weighted by atomic mass is 14.2. The first-order chi connectivity index (χ1) is 8.36. The molecule has 0 aromatic rings. The van der Waals surface area contributed by atoms with Gasteiger partial charge >= 0.3 is 0 Å². The van der Waals surface area contributed by atoms with Crippen molar-refractivity contribution in [1.82, 2.24) is 0 Å². The second-order valence-electron chi connectivity index (χ2n) is 5.86. The van der Waals surface area contributed by atoms with E-state index in [1.54, 1.807) is 0 Å². The number of unbranched alkanes of at least 4 members (excludes halogenated alkanes) is 5. The van der Waals surface area contributed by atoms with E-state index in [0.717, 1.165) is 11.8 Å². The monoisotopic (exact) mass is 236 g/mol. The van der Waals surface area contributed by atoms with Gasteiger partial charge in [0, 0.05) is 0 Å². The van der Waals surface area contributed by atoms with E-state index in [-0.39, 0.29) is 0 Å². The summed E-state index contributed by atoms with van der Waals surface area (Å²) < 4.78 is 0. The molecule has 0 atom stereocenters. The average molecular weight is 236 g/mol. The first-order valence-corrected chi connectivity index (χ1v) is 7.99. The van der Waals surface area contributed by atoms with Crippen LogP contribution in [0, 0.1) is 11.8 Å². The van der Waals surface area contributed by atoms with Crippen LogP contribution in [0.3, 0.4) is 0 Å². The van der Waals surface area contributed by atoms with Gasteiger partial charge < -0.3 is 0 Å². The van der Waals surface area contributed by atoms with Crippen LogP contribution >= 0.6 is 0 Å². The number of allylic oxidation sites excluding steroid dienone is 2. The van der Waals surface area contributed by atoms with Crippen molar-refractivity contribution in [3.63, 3.8) is 0 Å². The van der Waals surface area contributed by atoms with E-state index in [2.05, 4.69) is 26.0 Å². The van der Waals surface area contributed by atoms with Gasteiger partial charge in [0.2, 0.25) is 0 Å². The van der Waals surface area contributed by atoms with Crippen LogP contribution in [0.2, 0.25) is 0 Å². The van der Waals surface area contributed by atoms with Crippen LogP contribution in [0.1, 0.15) is 84.5 Å². The lowest BCUT2D eigenvalue weighted by Gasteiger charge is -2.26. The molecule has 0 spiro atoms. The molecule has 1 rings (SSSR count). The van der Waals surface area contributed by atoms with Crippen molar-refractivity contribution < 1.29 is 0 Å². The molecule has 1 fully saturated rings. The van der Waals surface area contributed by atoms with Gasteiger partial charge in [-0.05, 0) is 44.4 Å². The van der Waals surface area contributed by atoms with E-state index < -0.39 is 0 Å². The minimum absolute atomic E-state index is 0.904. The molecule has 0 aliphatic heterocycles. The minimum Gasteiger partial charge on any atom is -0.0914 e. The molecule has 0 radical (unpaired) electrons. The molecule has 0 nitrogen and oxygen atoms in total. The van der Waals surface area contributed by atoms with E-state index in [1.807, 2.05) is 0 Å². The summed E-state index contributed by atoms with van der Waals surface area (Å²) in [6, 6.07) is 0. The summed E-state index contributed by atoms with van der Waals surface area (Å²) in [5, 5.41) is 0. The van der Waals surface area contributed by atoms with E-state index in [1.165, 1.54) is 70.6 Å². The SMILES string of the molecule is CC=CC1CCC(CCCCCCCC)CC1. The van der Waals surface area contributed by atoms with E-state index >= 15 is 0 Å². The van der Waals surface area contributed by atoms with Gasteiger partial charge in [-0.2, -0.15) is 0 Å². The third-order valence-corrected chi connectivity index (χ3v) is 4.32. The lowest BCUT2D eigenvalue weighted by atomic mass is 9.79. The second-order valence-corrected chi connectivity index (χ2v) is 5.86. The van der Waals surface area contributed by atoms with E-state index in [9.17, 15) is 0 Å². The lowest BCUT2D eigenvalue weighted by Crippen LogP contribution is -2.12. The molecule has 0 heteroatoms. The Morgan fingerprint density at radius 3 is 2.18 bits per heavy atom. The summed E-state index contributed by atoms with van der Waals surface area (Å²) in [7, 11) is 0. The summed E-state index contributed by atoms with van der Waals surface area (Å²) in [6.45, 7) is 4.45. The standard InChI is InChI=1S/C17H32/c1-3-5-6-7-8-9-11-17-14-12-16(10-4-2)13-15-17/h4,10,16-17H,3,5-9,11-15H2,1-2H3. The number of hydrogen-bond donors (Lipinski definition) is 0. The molecule has 1 saturated carbocycles. The van der Waals surface area contributed by atoms with E-state index in [4.69, 9.17) is 0 Å². The van der Waals surface area contributed by atoms with Crippen LogP contribution in [-0.2, 0) is 0 Å². The van der Waals surface area contributed by atoms with Crippen LogP contribution < -0.4 is 0 Å². The molecule has 0 heterocycles. The third kappa shape index (κ3) is 6.91. The zero-order valence-corrected chi connectivity index (χ0v) is 12.1. The summed E-state index contributed by atoms with van der Waals surface area (Å²) >= 11 is 0. The molecule has 0 unspecified atom stereocenters. The Morgan fingerprint density at radius 1 is 0.882 bits per heavy atom. The highest BCUT2D eigenvalue weighted by Gasteiger charge is 2.18. The fourth-order valence-corrected chi connectivity index (χ4v) is 3.15. The van der Waals surface area contributed by atoms with Gasteiger partial charge in [-0.3, -0.25) is 0 Å². The van der Waals surface area contributed by atoms with Crippen LogP contribution in [0.5, 0.6) is 0 Å². The highest BCUT2D eigenvalue weighted by Crippen LogP contribution is 2.32. The Kier molecular flexibility index (Phi) is 8.48. The molecule has 0 aromatic carbocycles. The summed E-state index contributed by atoms with van der Waals surface area (Å²) in [5.74, 6) is 1.96. The van der Waals surface area contributed by atoms with Crippen LogP contribution in [0.4, 0.5) is 0 Å². The molecular weight excluding hydrogens is 204 g/mol. The topological polar surface area (TPSA) is 0 Å². The van der Waals surface area contributed by atoms with E-state index in [0.29, 0.717) is 0 Å². The Hall–Kier alpha value is -0.260. The molecule has 0 aromatic heterocycles. The van der Waals surface area contributed by atoms with Crippen LogP contribution in [0.15, 0.2) is 12.2 Å². The maximum atomic E-state index is 2.42. The summed E-state index contributed by atoms with van der Waals surface area (Å²) in [4.78, 5) is 0. The first kappa shape index (κ1) is 14.8. The van der Waals surface area contributed by atoms with Crippen molar-refractivity contribution in [3.05, 3.63) is 12.2 Å². The normalized spacial score (nSPS) is 25.5. The Labute approximate surface area is 109 Å². The van der Waals surface area contributed by atoms with Gasteiger partial charge in [-0.15, -0.1) is 0 Å². The maximum Gasteiger partial charge on any atom is -0.0233 e. The summed E-state index contributed by atoms with van der Waals surface area (Å²) in [5.41, 5.74) is 0. The zero-order valence-electron chi connectivity index (χ0n) is 12.1. The van der Waals surface area contributed by atoms with Gasteiger partial charge in [0.15, 0.2) is 0 Å². The Bertz CT molecular complexity index is 184. The predicted molar refractivity (Wildman–Crippen MR) is 78.3 cm³/mol. The van der Waals surface area contributed by atoms with Gasteiger partial charge in [-0.25, -0.2) is 0 Å².